The second-order valence-corrected chi connectivity index (χ2v) is 4.49. The molecule has 0 spiro atoms. The van der Waals surface area contributed by atoms with Crippen LogP contribution in [0.5, 0.6) is 5.75 Å². The Labute approximate surface area is 120 Å². The van der Waals surface area contributed by atoms with Crippen LogP contribution >= 0.6 is 0 Å². The number of methoxy groups -OCH3 is 1. The molecule has 0 amide bonds. The van der Waals surface area contributed by atoms with E-state index in [4.69, 9.17) is 4.74 Å². The van der Waals surface area contributed by atoms with E-state index in [2.05, 4.69) is 10.2 Å². The number of pyridine rings is 1. The number of aromatic nitrogens is 2. The lowest BCUT2D eigenvalue weighted by Crippen LogP contribution is -1.90. The maximum absolute atomic E-state index is 11.2. The van der Waals surface area contributed by atoms with Gasteiger partial charge in [0, 0.05) is 17.3 Å². The molecule has 6 nitrogen and oxygen atoms in total. The molecule has 0 unspecified atom stereocenters. The van der Waals surface area contributed by atoms with Crippen LogP contribution in [0.3, 0.4) is 0 Å². The Bertz CT molecular complexity index is 811. The second-order valence-electron chi connectivity index (χ2n) is 4.49. The molecule has 0 atom stereocenters. The third-order valence-corrected chi connectivity index (χ3v) is 3.31. The van der Waals surface area contributed by atoms with Crippen molar-refractivity contribution in [3.05, 3.63) is 53.1 Å². The van der Waals surface area contributed by atoms with E-state index < -0.39 is 0 Å². The van der Waals surface area contributed by atoms with E-state index in [0.717, 1.165) is 5.56 Å². The summed E-state index contributed by atoms with van der Waals surface area (Å²) in [6.45, 7) is -0.156. The van der Waals surface area contributed by atoms with Crippen molar-refractivity contribution in [3.63, 3.8) is 0 Å². The zero-order valence-corrected chi connectivity index (χ0v) is 11.4. The average Bonchev–Trinajstić information content (AvgIpc) is 2.93. The van der Waals surface area contributed by atoms with Crippen molar-refractivity contribution in [1.82, 2.24) is 9.38 Å². The first-order chi connectivity index (χ1) is 10.3. The number of nitrogens with zero attached hydrogens (tertiary/aromatic N) is 3. The van der Waals surface area contributed by atoms with Gasteiger partial charge in [0.15, 0.2) is 0 Å². The first kappa shape index (κ1) is 13.3. The quantitative estimate of drug-likeness (QED) is 0.747. The fourth-order valence-electron chi connectivity index (χ4n) is 2.29. The molecule has 3 rings (SSSR count). The molecule has 1 N–H and O–H groups in total. The first-order valence-corrected chi connectivity index (χ1v) is 6.37. The third-order valence-electron chi connectivity index (χ3n) is 3.31. The van der Waals surface area contributed by atoms with E-state index in [1.54, 1.807) is 35.9 Å². The van der Waals surface area contributed by atoms with E-state index in [1.165, 1.54) is 0 Å². The van der Waals surface area contributed by atoms with Gasteiger partial charge in [-0.05, 0) is 23.4 Å². The maximum atomic E-state index is 11.2. The number of nitroso groups, excluding NO2 is 1. The predicted octanol–water partition coefficient (Wildman–Crippen LogP) is 2.90. The summed E-state index contributed by atoms with van der Waals surface area (Å²) in [6.07, 6.45) is 1.70. The van der Waals surface area contributed by atoms with Crippen LogP contribution in [0.1, 0.15) is 5.56 Å². The second kappa shape index (κ2) is 5.34. The van der Waals surface area contributed by atoms with E-state index in [-0.39, 0.29) is 12.4 Å². The Kier molecular flexibility index (Phi) is 3.37. The van der Waals surface area contributed by atoms with Gasteiger partial charge in [-0.2, -0.15) is 0 Å². The Morgan fingerprint density at radius 2 is 2.19 bits per heavy atom. The molecule has 0 bridgehead atoms. The summed E-state index contributed by atoms with van der Waals surface area (Å²) in [5, 5.41) is 12.5. The van der Waals surface area contributed by atoms with Crippen LogP contribution in [0.4, 0.5) is 5.82 Å². The van der Waals surface area contributed by atoms with Gasteiger partial charge in [-0.15, -0.1) is 4.91 Å². The smallest absolute Gasteiger partial charge is 0.209 e. The molecule has 0 saturated carbocycles. The molecule has 0 aliphatic rings. The SMILES string of the molecule is COc1cccc(-c2nc3c(CO)cccn3c2N=O)c1. The molecule has 0 aliphatic heterocycles. The van der Waals surface area contributed by atoms with Gasteiger partial charge in [0.2, 0.25) is 5.82 Å². The topological polar surface area (TPSA) is 76.2 Å². The minimum absolute atomic E-state index is 0.156. The van der Waals surface area contributed by atoms with Gasteiger partial charge in [0.05, 0.1) is 13.7 Å². The number of hydrogen-bond donors (Lipinski definition) is 1. The Morgan fingerprint density at radius 3 is 2.90 bits per heavy atom. The highest BCUT2D eigenvalue weighted by Crippen LogP contribution is 2.33. The van der Waals surface area contributed by atoms with Gasteiger partial charge in [0.1, 0.15) is 17.1 Å². The highest BCUT2D eigenvalue weighted by atomic mass is 16.5. The van der Waals surface area contributed by atoms with Crippen molar-refractivity contribution in [1.29, 1.82) is 0 Å². The van der Waals surface area contributed by atoms with Crippen LogP contribution in [0.15, 0.2) is 47.8 Å². The van der Waals surface area contributed by atoms with Gasteiger partial charge < -0.3 is 9.84 Å². The summed E-state index contributed by atoms with van der Waals surface area (Å²) in [7, 11) is 1.57. The summed E-state index contributed by atoms with van der Waals surface area (Å²) in [4.78, 5) is 15.7. The van der Waals surface area contributed by atoms with Crippen molar-refractivity contribution in [2.75, 3.05) is 7.11 Å². The number of benzene rings is 1. The van der Waals surface area contributed by atoms with Crippen LogP contribution in [0.2, 0.25) is 0 Å². The van der Waals surface area contributed by atoms with Crippen LogP contribution in [0.25, 0.3) is 16.9 Å². The van der Waals surface area contributed by atoms with E-state index in [9.17, 15) is 10.0 Å². The monoisotopic (exact) mass is 283 g/mol. The minimum atomic E-state index is -0.156. The normalized spacial score (nSPS) is 10.8. The fourth-order valence-corrected chi connectivity index (χ4v) is 2.29. The molecule has 0 fully saturated rings. The number of imidazole rings is 1. The van der Waals surface area contributed by atoms with Crippen LogP contribution in [-0.2, 0) is 6.61 Å². The molecular weight excluding hydrogens is 270 g/mol. The number of hydrogen-bond acceptors (Lipinski definition) is 5. The van der Waals surface area contributed by atoms with Crippen molar-refractivity contribution in [3.8, 4) is 17.0 Å². The largest absolute Gasteiger partial charge is 0.497 e. The molecular formula is C15H13N3O3. The van der Waals surface area contributed by atoms with Gasteiger partial charge in [-0.25, -0.2) is 4.98 Å². The molecule has 106 valence electrons. The lowest BCUT2D eigenvalue weighted by atomic mass is 10.1. The Hall–Kier alpha value is -2.73. The zero-order valence-electron chi connectivity index (χ0n) is 11.4. The molecule has 21 heavy (non-hydrogen) atoms. The van der Waals surface area contributed by atoms with Crippen LogP contribution in [0, 0.1) is 4.91 Å². The Balaban J connectivity index is 2.29. The van der Waals surface area contributed by atoms with Crippen LogP contribution < -0.4 is 4.74 Å². The summed E-state index contributed by atoms with van der Waals surface area (Å²) < 4.78 is 6.76. The third kappa shape index (κ3) is 2.15. The molecule has 0 radical (unpaired) electrons. The van der Waals surface area contributed by atoms with E-state index >= 15 is 0 Å². The lowest BCUT2D eigenvalue weighted by Gasteiger charge is -2.02. The lowest BCUT2D eigenvalue weighted by molar-refractivity contribution is 0.282. The maximum Gasteiger partial charge on any atom is 0.209 e. The summed E-state index contributed by atoms with van der Waals surface area (Å²) >= 11 is 0. The van der Waals surface area contributed by atoms with Crippen molar-refractivity contribution >= 4 is 11.5 Å². The number of aliphatic hydroxyl groups excluding tert-OH is 1. The molecule has 6 heteroatoms. The Morgan fingerprint density at radius 1 is 1.33 bits per heavy atom. The highest BCUT2D eigenvalue weighted by molar-refractivity contribution is 5.76. The number of ether oxygens (including phenoxy) is 1. The van der Waals surface area contributed by atoms with E-state index in [1.807, 2.05) is 18.2 Å². The average molecular weight is 283 g/mol. The van der Waals surface area contributed by atoms with Crippen molar-refractivity contribution < 1.29 is 9.84 Å². The summed E-state index contributed by atoms with van der Waals surface area (Å²) in [5.41, 5.74) is 2.35. The van der Waals surface area contributed by atoms with Crippen LogP contribution in [-0.4, -0.2) is 21.6 Å². The van der Waals surface area contributed by atoms with Gasteiger partial charge in [-0.3, -0.25) is 4.40 Å². The standard InChI is InChI=1S/C15H13N3O3/c1-21-12-6-2-4-10(8-12)13-15(17-20)18-7-3-5-11(9-19)14(18)16-13/h2-8,19H,9H2,1H3. The number of rotatable bonds is 4. The minimum Gasteiger partial charge on any atom is -0.497 e. The highest BCUT2D eigenvalue weighted by Gasteiger charge is 2.17. The summed E-state index contributed by atoms with van der Waals surface area (Å²) in [6, 6.07) is 10.7. The summed E-state index contributed by atoms with van der Waals surface area (Å²) in [5.74, 6) is 0.873. The first-order valence-electron chi connectivity index (χ1n) is 6.37. The van der Waals surface area contributed by atoms with Gasteiger partial charge >= 0.3 is 0 Å². The van der Waals surface area contributed by atoms with Crippen molar-refractivity contribution in [2.45, 2.75) is 6.61 Å². The fraction of sp³-hybridized carbons (Fsp3) is 0.133. The molecule has 2 aromatic heterocycles. The predicted molar refractivity (Wildman–Crippen MR) is 78.6 cm³/mol. The molecule has 2 heterocycles. The van der Waals surface area contributed by atoms with Crippen molar-refractivity contribution in [2.24, 2.45) is 5.18 Å². The number of aliphatic hydroxyl groups is 1. The molecule has 0 aliphatic carbocycles. The zero-order chi connectivity index (χ0) is 14.8. The molecule has 1 aromatic carbocycles. The van der Waals surface area contributed by atoms with Gasteiger partial charge in [-0.1, -0.05) is 18.2 Å². The molecule has 0 saturated heterocycles. The van der Waals surface area contributed by atoms with E-state index in [0.29, 0.717) is 22.7 Å². The number of fused-ring (bicyclic) bond motifs is 1. The molecule has 3 aromatic rings. The van der Waals surface area contributed by atoms with Gasteiger partial charge in [0.25, 0.3) is 0 Å².